The Bertz CT molecular complexity index is 11.6. The fraction of sp³-hybridized carbons (Fsp3) is 0. The molecule has 1 radical (unpaired) electrons. The summed E-state index contributed by atoms with van der Waals surface area (Å²) in [4.78, 5) is 0. The molecule has 0 bridgehead atoms. The Morgan fingerprint density at radius 2 is 1.00 bits per heavy atom. The summed E-state index contributed by atoms with van der Waals surface area (Å²) in [5.74, 6) is 0. The zero-order valence-electron chi connectivity index (χ0n) is 0.650. The van der Waals surface area contributed by atoms with Gasteiger partial charge in [0.05, 0.1) is 0 Å². The summed E-state index contributed by atoms with van der Waals surface area (Å²) >= 11 is 0. The third kappa shape index (κ3) is 17.9. The summed E-state index contributed by atoms with van der Waals surface area (Å²) in [5, 5.41) is 0. The molecule has 0 aromatic carbocycles. The molecular formula is H4BaCoLiNaNi. The van der Waals surface area contributed by atoms with Crippen molar-refractivity contribution in [2.24, 2.45) is 0 Å². The van der Waals surface area contributed by atoms with Gasteiger partial charge >= 0.3 is 97.3 Å². The maximum atomic E-state index is 0. The van der Waals surface area contributed by atoms with Gasteiger partial charge in [0.1, 0.15) is 0 Å². The molecule has 0 aliphatic carbocycles. The van der Waals surface area contributed by atoms with E-state index in [9.17, 15) is 0 Å². The standard InChI is InChI=1S/Ba.Co.Li.Na.Ni.4H. The second-order valence-electron chi connectivity index (χ2n) is 0. The third-order valence-corrected chi connectivity index (χ3v) is 0. The minimum Gasteiger partial charge on any atom is 0 e. The van der Waals surface area contributed by atoms with Crippen LogP contribution in [0.1, 0.15) is 0 Å². The Balaban J connectivity index is 0. The van der Waals surface area contributed by atoms with Crippen molar-refractivity contribution in [1.82, 2.24) is 0 Å². The molecule has 0 rings (SSSR count). The van der Waals surface area contributed by atoms with Gasteiger partial charge in [-0.1, -0.05) is 0 Å². The molecule has 0 heterocycles. The summed E-state index contributed by atoms with van der Waals surface area (Å²) in [5.41, 5.74) is 0. The van der Waals surface area contributed by atoms with E-state index in [-0.39, 0.29) is 131 Å². The summed E-state index contributed by atoms with van der Waals surface area (Å²) in [6.07, 6.45) is 0. The molecule has 0 N–H and O–H groups in total. The van der Waals surface area contributed by atoms with E-state index in [0.29, 0.717) is 0 Å². The molecule has 27 valence electrons. The summed E-state index contributed by atoms with van der Waals surface area (Å²) in [7, 11) is 0. The van der Waals surface area contributed by atoms with Crippen LogP contribution in [-0.2, 0) is 33.3 Å². The average molecular weight is 289 g/mol. The van der Waals surface area contributed by atoms with Crippen LogP contribution >= 0.6 is 0 Å². The van der Waals surface area contributed by atoms with Gasteiger partial charge in [0, 0.05) is 33.3 Å². The van der Waals surface area contributed by atoms with Crippen LogP contribution in [0.25, 0.3) is 0 Å². The van der Waals surface area contributed by atoms with Crippen LogP contribution < -0.4 is 0 Å². The fourth-order valence-electron chi connectivity index (χ4n) is 0. The molecule has 0 fully saturated rings. The Kier molecular flexibility index (Phi) is 170. The number of hydrogen-bond acceptors (Lipinski definition) is 0. The van der Waals surface area contributed by atoms with Crippen molar-refractivity contribution in [1.29, 1.82) is 0 Å². The Hall–Kier alpha value is 4.17. The Morgan fingerprint density at radius 3 is 1.00 bits per heavy atom. The zero-order chi connectivity index (χ0) is 0. The van der Waals surface area contributed by atoms with Gasteiger partial charge in [-0.3, -0.25) is 0 Å². The van der Waals surface area contributed by atoms with Crippen LogP contribution in [0.4, 0.5) is 0 Å². The van der Waals surface area contributed by atoms with Gasteiger partial charge in [0.2, 0.25) is 0 Å². The molecule has 0 amide bonds. The molecule has 0 aromatic heterocycles. The normalized spacial score (nSPS) is 0. The van der Waals surface area contributed by atoms with E-state index in [1.807, 2.05) is 0 Å². The van der Waals surface area contributed by atoms with E-state index >= 15 is 0 Å². The van der Waals surface area contributed by atoms with Crippen molar-refractivity contribution in [3.8, 4) is 0 Å². The largest absolute Gasteiger partial charge is 0 e. The van der Waals surface area contributed by atoms with Crippen molar-refractivity contribution >= 4 is 97.3 Å². The van der Waals surface area contributed by atoms with E-state index in [4.69, 9.17) is 0 Å². The van der Waals surface area contributed by atoms with Gasteiger partial charge in [0.15, 0.2) is 0 Å². The first-order chi connectivity index (χ1) is 0. The van der Waals surface area contributed by atoms with E-state index in [1.165, 1.54) is 0 Å². The van der Waals surface area contributed by atoms with Gasteiger partial charge in [0.25, 0.3) is 0 Å². The van der Waals surface area contributed by atoms with E-state index in [1.54, 1.807) is 0 Å². The first kappa shape index (κ1) is 35.2. The predicted molar refractivity (Wildman–Crippen MR) is 22.8 cm³/mol. The molecule has 0 atom stereocenters. The van der Waals surface area contributed by atoms with Crippen LogP contribution in [0.15, 0.2) is 0 Å². The molecule has 0 aliphatic heterocycles. The molecule has 0 nitrogen and oxygen atoms in total. The van der Waals surface area contributed by atoms with Gasteiger partial charge < -0.3 is 0 Å². The monoisotopic (exact) mass is 289 g/mol. The number of rotatable bonds is 0. The van der Waals surface area contributed by atoms with Crippen molar-refractivity contribution in [3.05, 3.63) is 0 Å². The van der Waals surface area contributed by atoms with Crippen molar-refractivity contribution in [2.75, 3.05) is 0 Å². The van der Waals surface area contributed by atoms with Crippen LogP contribution in [0.3, 0.4) is 0 Å². The fourth-order valence-corrected chi connectivity index (χ4v) is 0. The molecule has 5 heteroatoms. The molecule has 0 aromatic rings. The van der Waals surface area contributed by atoms with E-state index in [0.717, 1.165) is 0 Å². The SMILES string of the molecule is [BaH2].[Co].[LiH].[NaH].[Ni]. The van der Waals surface area contributed by atoms with Crippen molar-refractivity contribution in [2.45, 2.75) is 0 Å². The molecule has 0 saturated heterocycles. The first-order valence-corrected chi connectivity index (χ1v) is 0. The van der Waals surface area contributed by atoms with Gasteiger partial charge in [-0.2, -0.15) is 0 Å². The predicted octanol–water partition coefficient (Wildman–Crippen LogP) is -2.22. The minimum atomic E-state index is 0. The molecule has 0 aliphatic rings. The number of hydrogen-bond donors (Lipinski definition) is 0. The first-order valence-electron chi connectivity index (χ1n) is 0. The summed E-state index contributed by atoms with van der Waals surface area (Å²) < 4.78 is 0. The topological polar surface area (TPSA) is 0 Å². The third-order valence-electron chi connectivity index (χ3n) is 0. The molecule has 0 saturated carbocycles. The van der Waals surface area contributed by atoms with Crippen LogP contribution in [-0.4, -0.2) is 97.3 Å². The smallest absolute Gasteiger partial charge is 0 e. The van der Waals surface area contributed by atoms with Crippen LogP contribution in [0.5, 0.6) is 0 Å². The maximum Gasteiger partial charge on any atom is 0 e. The maximum absolute atomic E-state index is 0. The minimum absolute atomic E-state index is 0. The van der Waals surface area contributed by atoms with Crippen molar-refractivity contribution < 1.29 is 33.3 Å². The second-order valence-corrected chi connectivity index (χ2v) is 0. The van der Waals surface area contributed by atoms with Gasteiger partial charge in [-0.25, -0.2) is 0 Å². The summed E-state index contributed by atoms with van der Waals surface area (Å²) in [6, 6.07) is 0. The quantitative estimate of drug-likeness (QED) is 0.443. The van der Waals surface area contributed by atoms with Crippen molar-refractivity contribution in [3.63, 3.8) is 0 Å². The van der Waals surface area contributed by atoms with E-state index < -0.39 is 0 Å². The zero-order valence-corrected chi connectivity index (χ0v) is 2.68. The average Bonchev–Trinajstić information content (AvgIpc) is 0. The van der Waals surface area contributed by atoms with Crippen LogP contribution in [0, 0.1) is 0 Å². The second kappa shape index (κ2) is 24.2. The van der Waals surface area contributed by atoms with Gasteiger partial charge in [-0.05, 0) is 0 Å². The van der Waals surface area contributed by atoms with E-state index in [2.05, 4.69) is 0 Å². The summed E-state index contributed by atoms with van der Waals surface area (Å²) in [6.45, 7) is 0. The molecular weight excluding hydrogens is 285 g/mol. The molecule has 0 unspecified atom stereocenters. The Morgan fingerprint density at radius 1 is 1.00 bits per heavy atom. The molecule has 0 spiro atoms. The van der Waals surface area contributed by atoms with Crippen LogP contribution in [0.2, 0.25) is 0 Å². The molecule has 5 heavy (non-hydrogen) atoms. The van der Waals surface area contributed by atoms with Gasteiger partial charge in [-0.15, -0.1) is 0 Å². The Labute approximate surface area is 127 Å².